The second kappa shape index (κ2) is 15.1. The third-order valence-electron chi connectivity index (χ3n) is 9.36. The van der Waals surface area contributed by atoms with Crippen LogP contribution in [0, 0.1) is 0 Å². The van der Waals surface area contributed by atoms with Crippen molar-refractivity contribution in [3.8, 4) is 11.1 Å². The van der Waals surface area contributed by atoms with Crippen molar-refractivity contribution >= 4 is 17.3 Å². The van der Waals surface area contributed by atoms with Gasteiger partial charge < -0.3 is 20.5 Å². The Morgan fingerprint density at radius 1 is 1.02 bits per heavy atom. The van der Waals surface area contributed by atoms with Crippen LogP contribution in [-0.2, 0) is 21.5 Å². The number of aromatic nitrogens is 1. The van der Waals surface area contributed by atoms with Gasteiger partial charge in [0.15, 0.2) is 0 Å². The highest BCUT2D eigenvalue weighted by molar-refractivity contribution is 5.99. The molecule has 5 rings (SSSR count). The summed E-state index contributed by atoms with van der Waals surface area (Å²) in [6.45, 7) is 12.1. The SMILES string of the molecule is CC=C1CCC(=CC(C)(C)c2ccc(-c3ccc(CO[C@H]4COC[C@@H]4NC(=O)c4cc(/C(C)=C/CC)cnc4N)cc3)cc2)CC1. The molecule has 1 aliphatic heterocycles. The molecular formula is C40H49N3O3. The molecule has 3 aromatic rings. The zero-order chi connectivity index (χ0) is 32.7. The second-order valence-electron chi connectivity index (χ2n) is 13.2. The number of nitrogens with one attached hydrogen (secondary N) is 1. The molecule has 2 aromatic carbocycles. The number of rotatable bonds is 10. The molecule has 0 unspecified atom stereocenters. The van der Waals surface area contributed by atoms with E-state index in [0.717, 1.165) is 23.1 Å². The van der Waals surface area contributed by atoms with Gasteiger partial charge in [-0.15, -0.1) is 0 Å². The normalized spacial score (nSPS) is 18.8. The van der Waals surface area contributed by atoms with E-state index in [4.69, 9.17) is 15.2 Å². The number of nitrogens with two attached hydrogens (primary N) is 1. The Labute approximate surface area is 274 Å². The first-order chi connectivity index (χ1) is 22.2. The fraction of sp³-hybridized carbons (Fsp3) is 0.400. The Morgan fingerprint density at radius 3 is 2.33 bits per heavy atom. The number of carbonyl (C=O) groups excluding carboxylic acids is 1. The zero-order valence-electron chi connectivity index (χ0n) is 28.1. The lowest BCUT2D eigenvalue weighted by Gasteiger charge is -2.26. The highest BCUT2D eigenvalue weighted by Crippen LogP contribution is 2.34. The molecule has 2 aliphatic rings. The number of nitrogens with zero attached hydrogens (tertiary/aromatic N) is 1. The number of amides is 1. The lowest BCUT2D eigenvalue weighted by molar-refractivity contribution is 0.0218. The fourth-order valence-corrected chi connectivity index (χ4v) is 6.38. The van der Waals surface area contributed by atoms with Crippen LogP contribution in [0.1, 0.15) is 93.8 Å². The van der Waals surface area contributed by atoms with E-state index in [1.54, 1.807) is 23.4 Å². The lowest BCUT2D eigenvalue weighted by atomic mass is 9.79. The highest BCUT2D eigenvalue weighted by atomic mass is 16.5. The molecule has 0 radical (unpaired) electrons. The van der Waals surface area contributed by atoms with Crippen LogP contribution in [-0.4, -0.2) is 36.3 Å². The number of nitrogen functional groups attached to an aromatic ring is 1. The predicted octanol–water partition coefficient (Wildman–Crippen LogP) is 8.58. The Hall–Kier alpha value is -4.00. The summed E-state index contributed by atoms with van der Waals surface area (Å²) in [5.74, 6) is -0.0619. The van der Waals surface area contributed by atoms with Crippen molar-refractivity contribution in [3.63, 3.8) is 0 Å². The fourth-order valence-electron chi connectivity index (χ4n) is 6.38. The Bertz CT molecular complexity index is 1590. The zero-order valence-corrected chi connectivity index (χ0v) is 28.1. The molecule has 0 spiro atoms. The maximum Gasteiger partial charge on any atom is 0.255 e. The molecule has 2 heterocycles. The second-order valence-corrected chi connectivity index (χ2v) is 13.2. The van der Waals surface area contributed by atoms with Crippen LogP contribution in [0.2, 0.25) is 0 Å². The molecule has 0 bridgehead atoms. The number of hydrogen-bond donors (Lipinski definition) is 2. The van der Waals surface area contributed by atoms with E-state index >= 15 is 0 Å². The van der Waals surface area contributed by atoms with Crippen molar-refractivity contribution < 1.29 is 14.3 Å². The van der Waals surface area contributed by atoms with Gasteiger partial charge in [0.2, 0.25) is 0 Å². The van der Waals surface area contributed by atoms with Gasteiger partial charge in [0.1, 0.15) is 11.9 Å². The minimum absolute atomic E-state index is 0.00231. The molecule has 1 saturated carbocycles. The minimum atomic E-state index is -0.274. The Kier molecular flexibility index (Phi) is 10.9. The summed E-state index contributed by atoms with van der Waals surface area (Å²) in [7, 11) is 0. The van der Waals surface area contributed by atoms with Crippen molar-refractivity contribution in [1.82, 2.24) is 10.3 Å². The van der Waals surface area contributed by atoms with Crippen molar-refractivity contribution in [3.05, 3.63) is 112 Å². The summed E-state index contributed by atoms with van der Waals surface area (Å²) in [4.78, 5) is 17.4. The number of ether oxygens (including phenoxy) is 2. The molecular weight excluding hydrogens is 570 g/mol. The molecule has 46 heavy (non-hydrogen) atoms. The maximum atomic E-state index is 13.2. The van der Waals surface area contributed by atoms with E-state index in [9.17, 15) is 4.79 Å². The van der Waals surface area contributed by atoms with Gasteiger partial charge in [-0.05, 0) is 85.4 Å². The topological polar surface area (TPSA) is 86.5 Å². The monoisotopic (exact) mass is 619 g/mol. The molecule has 2 atom stereocenters. The van der Waals surface area contributed by atoms with E-state index in [2.05, 4.69) is 105 Å². The van der Waals surface area contributed by atoms with Gasteiger partial charge in [-0.1, -0.05) is 98.7 Å². The van der Waals surface area contributed by atoms with Gasteiger partial charge in [0, 0.05) is 11.6 Å². The van der Waals surface area contributed by atoms with Crippen LogP contribution in [0.4, 0.5) is 5.82 Å². The van der Waals surface area contributed by atoms with E-state index in [1.807, 2.05) is 6.92 Å². The number of anilines is 1. The number of hydrogen-bond acceptors (Lipinski definition) is 5. The van der Waals surface area contributed by atoms with E-state index in [-0.39, 0.29) is 29.3 Å². The average Bonchev–Trinajstić information content (AvgIpc) is 3.51. The molecule has 1 aliphatic carbocycles. The summed E-state index contributed by atoms with van der Waals surface area (Å²) in [5.41, 5.74) is 16.3. The summed E-state index contributed by atoms with van der Waals surface area (Å²) in [6, 6.07) is 19.0. The summed E-state index contributed by atoms with van der Waals surface area (Å²) >= 11 is 0. The number of benzene rings is 2. The molecule has 1 aromatic heterocycles. The van der Waals surface area contributed by atoms with Gasteiger partial charge >= 0.3 is 0 Å². The third-order valence-corrected chi connectivity index (χ3v) is 9.36. The van der Waals surface area contributed by atoms with Gasteiger partial charge in [0.25, 0.3) is 5.91 Å². The van der Waals surface area contributed by atoms with E-state index in [1.165, 1.54) is 42.4 Å². The van der Waals surface area contributed by atoms with Crippen LogP contribution in [0.15, 0.2) is 90.2 Å². The molecule has 2 fully saturated rings. The van der Waals surface area contributed by atoms with Crippen molar-refractivity contribution in [2.75, 3.05) is 18.9 Å². The van der Waals surface area contributed by atoms with Crippen LogP contribution in [0.5, 0.6) is 0 Å². The summed E-state index contributed by atoms with van der Waals surface area (Å²) in [6.07, 6.45) is 14.0. The molecule has 1 saturated heterocycles. The first-order valence-electron chi connectivity index (χ1n) is 16.6. The first-order valence-corrected chi connectivity index (χ1v) is 16.6. The summed E-state index contributed by atoms with van der Waals surface area (Å²) in [5, 5.41) is 3.06. The standard InChI is InChI=1S/C40H49N3O3/c1-6-8-27(3)33-21-35(38(41)42-23-33)39(44)43-36-25-45-26-37(36)46-24-30-13-15-31(16-14-30)32-17-19-34(20-18-32)40(4,5)22-29-11-9-28(7-2)10-12-29/h7-8,13-23,36-37H,6,9-12,24-26H2,1-5H3,(H2,41,42)(H,43,44)/b27-8+,28-7?,29-22?/t36-,37-/m0/s1. The first kappa shape index (κ1) is 33.4. The van der Waals surface area contributed by atoms with Gasteiger partial charge in [0.05, 0.1) is 31.4 Å². The van der Waals surface area contributed by atoms with Gasteiger partial charge in [-0.3, -0.25) is 4.79 Å². The molecule has 6 nitrogen and oxygen atoms in total. The average molecular weight is 620 g/mol. The van der Waals surface area contributed by atoms with Crippen LogP contribution < -0.4 is 11.1 Å². The predicted molar refractivity (Wildman–Crippen MR) is 188 cm³/mol. The summed E-state index contributed by atoms with van der Waals surface area (Å²) < 4.78 is 11.9. The Morgan fingerprint density at radius 2 is 1.67 bits per heavy atom. The smallest absolute Gasteiger partial charge is 0.255 e. The van der Waals surface area contributed by atoms with Crippen molar-refractivity contribution in [2.45, 2.75) is 90.9 Å². The third kappa shape index (κ3) is 8.23. The van der Waals surface area contributed by atoms with Gasteiger partial charge in [-0.2, -0.15) is 0 Å². The Balaban J connectivity index is 1.16. The van der Waals surface area contributed by atoms with Gasteiger partial charge in [-0.25, -0.2) is 4.98 Å². The van der Waals surface area contributed by atoms with E-state index < -0.39 is 0 Å². The lowest BCUT2D eigenvalue weighted by Crippen LogP contribution is -2.44. The van der Waals surface area contributed by atoms with Crippen molar-refractivity contribution in [1.29, 1.82) is 0 Å². The number of pyridine rings is 1. The van der Waals surface area contributed by atoms with Crippen LogP contribution in [0.25, 0.3) is 16.7 Å². The highest BCUT2D eigenvalue weighted by Gasteiger charge is 2.31. The van der Waals surface area contributed by atoms with E-state index in [0.29, 0.717) is 25.4 Å². The number of allylic oxidation sites excluding steroid dienone is 6. The largest absolute Gasteiger partial charge is 0.383 e. The molecule has 6 heteroatoms. The number of carbonyl (C=O) groups is 1. The van der Waals surface area contributed by atoms with Crippen molar-refractivity contribution in [2.24, 2.45) is 0 Å². The molecule has 242 valence electrons. The minimum Gasteiger partial charge on any atom is -0.383 e. The van der Waals surface area contributed by atoms with Crippen LogP contribution in [0.3, 0.4) is 0 Å². The quantitative estimate of drug-likeness (QED) is 0.222. The maximum absolute atomic E-state index is 13.2. The molecule has 3 N–H and O–H groups in total. The van der Waals surface area contributed by atoms with Crippen LogP contribution >= 0.6 is 0 Å². The molecule has 1 amide bonds.